The van der Waals surface area contributed by atoms with Gasteiger partial charge in [0.25, 0.3) is 5.91 Å². The summed E-state index contributed by atoms with van der Waals surface area (Å²) >= 11 is 1.50. The molecule has 1 aromatic carbocycles. The normalized spacial score (nSPS) is 12.7. The topological polar surface area (TPSA) is 50.2 Å². The third kappa shape index (κ3) is 3.66. The van der Waals surface area contributed by atoms with E-state index in [0.29, 0.717) is 6.54 Å². The predicted octanol–water partition coefficient (Wildman–Crippen LogP) is 3.76. The molecule has 26 heavy (non-hydrogen) atoms. The van der Waals surface area contributed by atoms with Gasteiger partial charge in [0.05, 0.1) is 16.6 Å². The van der Waals surface area contributed by atoms with Crippen LogP contribution in [0.2, 0.25) is 0 Å². The van der Waals surface area contributed by atoms with Gasteiger partial charge in [-0.05, 0) is 31.6 Å². The number of carbonyl (C=O) groups is 1. The lowest BCUT2D eigenvalue weighted by Crippen LogP contribution is -2.37. The zero-order valence-electron chi connectivity index (χ0n) is 15.8. The average Bonchev–Trinajstić information content (AvgIpc) is 3.21. The summed E-state index contributed by atoms with van der Waals surface area (Å²) in [6, 6.07) is 12.5. The van der Waals surface area contributed by atoms with Crippen LogP contribution in [0, 0.1) is 6.92 Å². The largest absolute Gasteiger partial charge is 0.349 e. The third-order valence-corrected chi connectivity index (χ3v) is 6.01. The van der Waals surface area contributed by atoms with Crippen molar-refractivity contribution in [2.75, 3.05) is 19.6 Å². The summed E-state index contributed by atoms with van der Waals surface area (Å²) in [5, 5.41) is 8.60. The Morgan fingerprint density at radius 3 is 2.58 bits per heavy atom. The summed E-state index contributed by atoms with van der Waals surface area (Å²) < 4.78 is 1.84. The van der Waals surface area contributed by atoms with Gasteiger partial charge in [0, 0.05) is 19.0 Å². The lowest BCUT2D eigenvalue weighted by atomic mass is 10.1. The molecule has 0 aliphatic carbocycles. The van der Waals surface area contributed by atoms with Crippen LogP contribution in [0.15, 0.2) is 36.4 Å². The molecule has 0 saturated carbocycles. The molecule has 0 saturated heterocycles. The van der Waals surface area contributed by atoms with E-state index < -0.39 is 0 Å². The van der Waals surface area contributed by atoms with E-state index in [-0.39, 0.29) is 11.9 Å². The first-order valence-electron chi connectivity index (χ1n) is 9.05. The van der Waals surface area contributed by atoms with Gasteiger partial charge in [-0.1, -0.05) is 44.2 Å². The van der Waals surface area contributed by atoms with E-state index in [9.17, 15) is 4.79 Å². The molecule has 1 unspecified atom stereocenters. The van der Waals surface area contributed by atoms with Crippen LogP contribution in [0.25, 0.3) is 10.2 Å². The maximum atomic E-state index is 12.7. The van der Waals surface area contributed by atoms with Gasteiger partial charge in [-0.3, -0.25) is 14.4 Å². The average molecular weight is 371 g/mol. The Labute approximate surface area is 158 Å². The van der Waals surface area contributed by atoms with Crippen LogP contribution in [-0.2, 0) is 7.05 Å². The molecule has 0 fully saturated rings. The lowest BCUT2D eigenvalue weighted by Gasteiger charge is -2.30. The van der Waals surface area contributed by atoms with Crippen molar-refractivity contribution in [2.24, 2.45) is 7.05 Å². The molecular formula is C20H26N4OS. The molecule has 0 radical (unpaired) electrons. The van der Waals surface area contributed by atoms with E-state index in [1.165, 1.54) is 16.9 Å². The van der Waals surface area contributed by atoms with E-state index >= 15 is 0 Å². The van der Waals surface area contributed by atoms with Crippen LogP contribution in [0.1, 0.15) is 40.8 Å². The molecule has 1 N–H and O–H groups in total. The maximum Gasteiger partial charge on any atom is 0.261 e. The summed E-state index contributed by atoms with van der Waals surface area (Å²) in [6.45, 7) is 8.77. The number of fused-ring (bicyclic) bond motifs is 1. The Bertz CT molecular complexity index is 845. The van der Waals surface area contributed by atoms with Crippen molar-refractivity contribution >= 4 is 27.5 Å². The number of hydrogen-bond donors (Lipinski definition) is 1. The van der Waals surface area contributed by atoms with Gasteiger partial charge in [0.15, 0.2) is 0 Å². The lowest BCUT2D eigenvalue weighted by molar-refractivity contribution is 0.0939. The Hall–Kier alpha value is -2.18. The number of amides is 1. The second-order valence-corrected chi connectivity index (χ2v) is 7.43. The fraction of sp³-hybridized carbons (Fsp3) is 0.400. The van der Waals surface area contributed by atoms with Crippen molar-refractivity contribution in [3.63, 3.8) is 0 Å². The predicted molar refractivity (Wildman–Crippen MR) is 108 cm³/mol. The number of hydrogen-bond acceptors (Lipinski definition) is 4. The first kappa shape index (κ1) is 18.6. The summed E-state index contributed by atoms with van der Waals surface area (Å²) in [5.41, 5.74) is 2.19. The van der Waals surface area contributed by atoms with Crippen LogP contribution in [0.5, 0.6) is 0 Å². The Morgan fingerprint density at radius 2 is 1.96 bits per heavy atom. The molecule has 0 bridgehead atoms. The minimum absolute atomic E-state index is 0.0151. The van der Waals surface area contributed by atoms with E-state index in [0.717, 1.165) is 33.9 Å². The summed E-state index contributed by atoms with van der Waals surface area (Å²) in [7, 11) is 1.92. The standard InChI is InChI=1S/C20H26N4OS/c1-5-24(6-2)17(15-10-8-7-9-11-15)13-21-19(25)18-12-16-14(3)22-23(4)20(16)26-18/h7-12,17H,5-6,13H2,1-4H3,(H,21,25). The first-order valence-corrected chi connectivity index (χ1v) is 9.87. The van der Waals surface area contributed by atoms with Crippen molar-refractivity contribution in [3.8, 4) is 0 Å². The number of nitrogens with one attached hydrogen (secondary N) is 1. The Balaban J connectivity index is 1.77. The van der Waals surface area contributed by atoms with Gasteiger partial charge in [0.2, 0.25) is 0 Å². The molecule has 5 nitrogen and oxygen atoms in total. The second kappa shape index (κ2) is 8.01. The minimum atomic E-state index is -0.0151. The molecule has 3 aromatic rings. The first-order chi connectivity index (χ1) is 12.5. The monoisotopic (exact) mass is 370 g/mol. The molecule has 1 amide bonds. The molecule has 138 valence electrons. The molecule has 3 rings (SSSR count). The molecule has 6 heteroatoms. The van der Waals surface area contributed by atoms with Crippen molar-refractivity contribution in [3.05, 3.63) is 52.5 Å². The zero-order chi connectivity index (χ0) is 18.7. The third-order valence-electron chi connectivity index (χ3n) is 4.81. The highest BCUT2D eigenvalue weighted by atomic mass is 32.1. The van der Waals surface area contributed by atoms with Crippen LogP contribution < -0.4 is 5.32 Å². The maximum absolute atomic E-state index is 12.7. The van der Waals surface area contributed by atoms with E-state index in [2.05, 4.69) is 53.4 Å². The number of rotatable bonds is 7. The number of thiophene rings is 1. The number of carbonyl (C=O) groups excluding carboxylic acids is 1. The summed E-state index contributed by atoms with van der Waals surface area (Å²) in [6.07, 6.45) is 0. The van der Waals surface area contributed by atoms with Gasteiger partial charge in [-0.2, -0.15) is 5.10 Å². The highest BCUT2D eigenvalue weighted by Gasteiger charge is 2.20. The molecule has 0 aliphatic heterocycles. The molecule has 0 spiro atoms. The van der Waals surface area contributed by atoms with Gasteiger partial charge < -0.3 is 5.32 Å². The smallest absolute Gasteiger partial charge is 0.261 e. The van der Waals surface area contributed by atoms with E-state index in [4.69, 9.17) is 0 Å². The van der Waals surface area contributed by atoms with Crippen LogP contribution in [-0.4, -0.2) is 40.2 Å². The number of likely N-dealkylation sites (N-methyl/N-ethyl adjacent to an activating group) is 1. The molecule has 2 aromatic heterocycles. The Kier molecular flexibility index (Phi) is 5.74. The molecule has 1 atom stereocenters. The van der Waals surface area contributed by atoms with Gasteiger partial charge >= 0.3 is 0 Å². The summed E-state index contributed by atoms with van der Waals surface area (Å²) in [5.74, 6) is -0.0151. The quantitative estimate of drug-likeness (QED) is 0.689. The van der Waals surface area contributed by atoms with Crippen molar-refractivity contribution < 1.29 is 4.79 Å². The summed E-state index contributed by atoms with van der Waals surface area (Å²) in [4.78, 5) is 16.9. The van der Waals surface area contributed by atoms with Crippen LogP contribution in [0.4, 0.5) is 0 Å². The van der Waals surface area contributed by atoms with Gasteiger partial charge in [-0.15, -0.1) is 11.3 Å². The number of nitrogens with zero attached hydrogens (tertiary/aromatic N) is 3. The highest BCUT2D eigenvalue weighted by molar-refractivity contribution is 7.20. The second-order valence-electron chi connectivity index (χ2n) is 6.40. The van der Waals surface area contributed by atoms with Crippen molar-refractivity contribution in [1.82, 2.24) is 20.0 Å². The van der Waals surface area contributed by atoms with Crippen molar-refractivity contribution in [1.29, 1.82) is 0 Å². The molecule has 2 heterocycles. The Morgan fingerprint density at radius 1 is 1.27 bits per heavy atom. The number of aryl methyl sites for hydroxylation is 2. The number of aromatic nitrogens is 2. The van der Waals surface area contributed by atoms with E-state index in [1.54, 1.807) is 0 Å². The number of benzene rings is 1. The molecule has 0 aliphatic rings. The van der Waals surface area contributed by atoms with Crippen LogP contribution in [0.3, 0.4) is 0 Å². The van der Waals surface area contributed by atoms with Crippen molar-refractivity contribution in [2.45, 2.75) is 26.8 Å². The highest BCUT2D eigenvalue weighted by Crippen LogP contribution is 2.28. The SMILES string of the molecule is CCN(CC)C(CNC(=O)c1cc2c(C)nn(C)c2s1)c1ccccc1. The van der Waals surface area contributed by atoms with Crippen LogP contribution >= 0.6 is 11.3 Å². The molecular weight excluding hydrogens is 344 g/mol. The van der Waals surface area contributed by atoms with Gasteiger partial charge in [0.1, 0.15) is 4.83 Å². The van der Waals surface area contributed by atoms with E-state index in [1.807, 2.05) is 30.8 Å². The zero-order valence-corrected chi connectivity index (χ0v) is 16.6. The minimum Gasteiger partial charge on any atom is -0.349 e. The fourth-order valence-electron chi connectivity index (χ4n) is 3.39. The fourth-order valence-corrected chi connectivity index (χ4v) is 4.43. The van der Waals surface area contributed by atoms with Gasteiger partial charge in [-0.25, -0.2) is 0 Å².